The predicted octanol–water partition coefficient (Wildman–Crippen LogP) is 2.98. The summed E-state index contributed by atoms with van der Waals surface area (Å²) in [6.45, 7) is 1.93. The van der Waals surface area contributed by atoms with Crippen molar-refractivity contribution in [1.29, 1.82) is 0 Å². The van der Waals surface area contributed by atoms with Crippen molar-refractivity contribution < 1.29 is 8.42 Å². The first kappa shape index (κ1) is 14.1. The molecule has 0 saturated heterocycles. The summed E-state index contributed by atoms with van der Waals surface area (Å²) in [6, 6.07) is 6.77. The van der Waals surface area contributed by atoms with Gasteiger partial charge in [-0.15, -0.1) is 0 Å². The van der Waals surface area contributed by atoms with Crippen LogP contribution in [-0.2, 0) is 10.0 Å². The maximum Gasteiger partial charge on any atom is 0.276 e. The van der Waals surface area contributed by atoms with Gasteiger partial charge in [-0.25, -0.2) is 4.83 Å². The number of sulfonamides is 1. The van der Waals surface area contributed by atoms with Crippen LogP contribution < -0.4 is 4.83 Å². The molecule has 19 heavy (non-hydrogen) atoms. The van der Waals surface area contributed by atoms with E-state index in [1.54, 1.807) is 24.3 Å². The smallest absolute Gasteiger partial charge is 0.200 e. The largest absolute Gasteiger partial charge is 0.276 e. The average molecular weight is 280 g/mol. The third-order valence-electron chi connectivity index (χ3n) is 3.34. The van der Waals surface area contributed by atoms with Gasteiger partial charge in [0.25, 0.3) is 10.0 Å². The molecule has 0 spiro atoms. The number of hydrogen-bond acceptors (Lipinski definition) is 3. The Morgan fingerprint density at radius 1 is 1.00 bits per heavy atom. The quantitative estimate of drug-likeness (QED) is 0.683. The third kappa shape index (κ3) is 4.06. The number of hydrazone groups is 1. The van der Waals surface area contributed by atoms with Gasteiger partial charge in [-0.3, -0.25) is 0 Å². The van der Waals surface area contributed by atoms with Gasteiger partial charge in [-0.1, -0.05) is 30.5 Å². The number of aryl methyl sites for hydroxylation is 1. The molecular formula is C14H20N2O2S. The zero-order valence-electron chi connectivity index (χ0n) is 11.2. The molecule has 1 aromatic carbocycles. The molecule has 1 N–H and O–H groups in total. The molecule has 0 atom stereocenters. The van der Waals surface area contributed by atoms with Crippen molar-refractivity contribution in [3.05, 3.63) is 29.8 Å². The molecule has 1 aromatic rings. The molecule has 1 fully saturated rings. The highest BCUT2D eigenvalue weighted by Crippen LogP contribution is 2.15. The first-order valence-electron chi connectivity index (χ1n) is 6.72. The van der Waals surface area contributed by atoms with Crippen LogP contribution in [0.3, 0.4) is 0 Å². The molecular weight excluding hydrogens is 260 g/mol. The van der Waals surface area contributed by atoms with Gasteiger partial charge in [0.1, 0.15) is 0 Å². The highest BCUT2D eigenvalue weighted by Gasteiger charge is 2.13. The first-order valence-corrected chi connectivity index (χ1v) is 8.20. The van der Waals surface area contributed by atoms with Crippen molar-refractivity contribution in [3.8, 4) is 0 Å². The minimum Gasteiger partial charge on any atom is -0.200 e. The maximum atomic E-state index is 12.1. The summed E-state index contributed by atoms with van der Waals surface area (Å²) in [5.41, 5.74) is 2.00. The Labute approximate surface area is 115 Å². The maximum absolute atomic E-state index is 12.1. The highest BCUT2D eigenvalue weighted by molar-refractivity contribution is 7.89. The molecule has 0 radical (unpaired) electrons. The van der Waals surface area contributed by atoms with E-state index in [9.17, 15) is 8.42 Å². The van der Waals surface area contributed by atoms with Crippen LogP contribution in [0.15, 0.2) is 34.3 Å². The van der Waals surface area contributed by atoms with Gasteiger partial charge in [-0.2, -0.15) is 13.5 Å². The summed E-state index contributed by atoms with van der Waals surface area (Å²) < 4.78 is 24.1. The topological polar surface area (TPSA) is 58.5 Å². The van der Waals surface area contributed by atoms with Gasteiger partial charge in [-0.05, 0) is 44.7 Å². The molecule has 1 saturated carbocycles. The number of benzene rings is 1. The Morgan fingerprint density at radius 2 is 1.58 bits per heavy atom. The fourth-order valence-corrected chi connectivity index (χ4v) is 2.99. The zero-order chi connectivity index (χ0) is 13.7. The normalized spacial score (nSPS) is 16.8. The summed E-state index contributed by atoms with van der Waals surface area (Å²) in [4.78, 5) is 2.61. The predicted molar refractivity (Wildman–Crippen MR) is 76.6 cm³/mol. The Balaban J connectivity index is 2.08. The molecule has 0 unspecified atom stereocenters. The lowest BCUT2D eigenvalue weighted by molar-refractivity contribution is 0.584. The molecule has 0 amide bonds. The van der Waals surface area contributed by atoms with Crippen molar-refractivity contribution >= 4 is 15.7 Å². The van der Waals surface area contributed by atoms with E-state index in [0.717, 1.165) is 37.0 Å². The molecule has 2 rings (SSSR count). The van der Waals surface area contributed by atoms with Gasteiger partial charge in [0.05, 0.1) is 4.90 Å². The minimum atomic E-state index is -3.53. The van der Waals surface area contributed by atoms with Crippen LogP contribution in [0.4, 0.5) is 0 Å². The van der Waals surface area contributed by atoms with Crippen molar-refractivity contribution in [1.82, 2.24) is 4.83 Å². The second-order valence-electron chi connectivity index (χ2n) is 5.00. The second kappa shape index (κ2) is 6.19. The number of hydrogen-bond donors (Lipinski definition) is 1. The standard InChI is InChI=1S/C14H20N2O2S/c1-12-8-10-14(11-9-12)19(17,18)16-15-13-6-4-2-3-5-7-13/h8-11,16H,2-7H2,1H3. The van der Waals surface area contributed by atoms with Gasteiger partial charge in [0.2, 0.25) is 0 Å². The minimum absolute atomic E-state index is 0.260. The fraction of sp³-hybridized carbons (Fsp3) is 0.500. The van der Waals surface area contributed by atoms with Crippen molar-refractivity contribution in [2.75, 3.05) is 0 Å². The Morgan fingerprint density at radius 3 is 2.16 bits per heavy atom. The van der Waals surface area contributed by atoms with E-state index < -0.39 is 10.0 Å². The molecule has 1 aliphatic rings. The Kier molecular flexibility index (Phi) is 4.58. The fourth-order valence-electron chi connectivity index (χ4n) is 2.14. The lowest BCUT2D eigenvalue weighted by Crippen LogP contribution is -2.20. The van der Waals surface area contributed by atoms with Crippen molar-refractivity contribution in [2.24, 2.45) is 5.10 Å². The van der Waals surface area contributed by atoms with E-state index in [-0.39, 0.29) is 4.90 Å². The van der Waals surface area contributed by atoms with E-state index in [1.807, 2.05) is 6.92 Å². The van der Waals surface area contributed by atoms with Gasteiger partial charge >= 0.3 is 0 Å². The molecule has 0 heterocycles. The van der Waals surface area contributed by atoms with Crippen LogP contribution in [0.1, 0.15) is 44.1 Å². The lowest BCUT2D eigenvalue weighted by Gasteiger charge is -2.06. The average Bonchev–Trinajstić information content (AvgIpc) is 2.65. The number of rotatable bonds is 3. The number of nitrogens with one attached hydrogen (secondary N) is 1. The van der Waals surface area contributed by atoms with Crippen LogP contribution in [0.5, 0.6) is 0 Å². The lowest BCUT2D eigenvalue weighted by atomic mass is 10.2. The molecule has 0 aromatic heterocycles. The SMILES string of the molecule is Cc1ccc(S(=O)(=O)NN=C2CCCCCC2)cc1. The molecule has 0 bridgehead atoms. The number of nitrogens with zero attached hydrogens (tertiary/aromatic N) is 1. The van der Waals surface area contributed by atoms with Crippen LogP contribution in [0, 0.1) is 6.92 Å². The van der Waals surface area contributed by atoms with E-state index in [1.165, 1.54) is 12.8 Å². The first-order chi connectivity index (χ1) is 9.08. The zero-order valence-corrected chi connectivity index (χ0v) is 12.0. The molecule has 5 heteroatoms. The summed E-state index contributed by atoms with van der Waals surface area (Å²) in [7, 11) is -3.53. The van der Waals surface area contributed by atoms with E-state index >= 15 is 0 Å². The Hall–Kier alpha value is -1.36. The third-order valence-corrected chi connectivity index (χ3v) is 4.56. The van der Waals surface area contributed by atoms with Crippen LogP contribution in [-0.4, -0.2) is 14.1 Å². The van der Waals surface area contributed by atoms with Crippen molar-refractivity contribution in [3.63, 3.8) is 0 Å². The van der Waals surface area contributed by atoms with E-state index in [4.69, 9.17) is 0 Å². The molecule has 4 nitrogen and oxygen atoms in total. The Bertz CT molecular complexity index is 537. The molecule has 104 valence electrons. The van der Waals surface area contributed by atoms with Crippen LogP contribution in [0.2, 0.25) is 0 Å². The monoisotopic (exact) mass is 280 g/mol. The van der Waals surface area contributed by atoms with Gasteiger partial charge in [0.15, 0.2) is 0 Å². The molecule has 0 aliphatic heterocycles. The summed E-state index contributed by atoms with van der Waals surface area (Å²) in [6.07, 6.45) is 6.43. The summed E-state index contributed by atoms with van der Waals surface area (Å²) in [5.74, 6) is 0. The van der Waals surface area contributed by atoms with Crippen molar-refractivity contribution in [2.45, 2.75) is 50.3 Å². The second-order valence-corrected chi connectivity index (χ2v) is 6.66. The van der Waals surface area contributed by atoms with Crippen LogP contribution >= 0.6 is 0 Å². The van der Waals surface area contributed by atoms with E-state index in [2.05, 4.69) is 9.93 Å². The summed E-state index contributed by atoms with van der Waals surface area (Å²) in [5, 5.41) is 4.09. The highest BCUT2D eigenvalue weighted by atomic mass is 32.2. The summed E-state index contributed by atoms with van der Waals surface area (Å²) >= 11 is 0. The van der Waals surface area contributed by atoms with Gasteiger partial charge < -0.3 is 0 Å². The van der Waals surface area contributed by atoms with Gasteiger partial charge in [0, 0.05) is 5.71 Å². The molecule has 1 aliphatic carbocycles. The van der Waals surface area contributed by atoms with E-state index in [0.29, 0.717) is 0 Å². The van der Waals surface area contributed by atoms with Crippen LogP contribution in [0.25, 0.3) is 0 Å².